The van der Waals surface area contributed by atoms with Crippen molar-refractivity contribution < 1.29 is 9.63 Å². The van der Waals surface area contributed by atoms with Crippen LogP contribution in [0.2, 0.25) is 0 Å². The SMILES string of the molecule is NCC(O)c1nc(CSc2ccccc2Br)no1. The largest absolute Gasteiger partial charge is 0.382 e. The number of benzene rings is 1. The lowest BCUT2D eigenvalue weighted by Gasteiger charge is -2.01. The molecule has 1 aromatic heterocycles. The van der Waals surface area contributed by atoms with E-state index in [0.717, 1.165) is 9.37 Å². The van der Waals surface area contributed by atoms with Gasteiger partial charge in [-0.2, -0.15) is 4.98 Å². The van der Waals surface area contributed by atoms with Crippen LogP contribution in [0.1, 0.15) is 17.8 Å². The summed E-state index contributed by atoms with van der Waals surface area (Å²) in [7, 11) is 0. The van der Waals surface area contributed by atoms with Crippen molar-refractivity contribution in [3.8, 4) is 0 Å². The summed E-state index contributed by atoms with van der Waals surface area (Å²) in [4.78, 5) is 5.18. The lowest BCUT2D eigenvalue weighted by Crippen LogP contribution is -2.11. The number of hydrogen-bond donors (Lipinski definition) is 2. The fourth-order valence-electron chi connectivity index (χ4n) is 1.27. The first kappa shape index (κ1) is 13.5. The molecule has 3 N–H and O–H groups in total. The zero-order chi connectivity index (χ0) is 13.0. The van der Waals surface area contributed by atoms with Gasteiger partial charge in [0, 0.05) is 15.9 Å². The maximum Gasteiger partial charge on any atom is 0.256 e. The van der Waals surface area contributed by atoms with Gasteiger partial charge in [-0.1, -0.05) is 17.3 Å². The van der Waals surface area contributed by atoms with Crippen molar-refractivity contribution in [2.24, 2.45) is 5.73 Å². The molecule has 0 saturated heterocycles. The lowest BCUT2D eigenvalue weighted by molar-refractivity contribution is 0.141. The van der Waals surface area contributed by atoms with Gasteiger partial charge in [-0.15, -0.1) is 11.8 Å². The predicted molar refractivity (Wildman–Crippen MR) is 72.0 cm³/mol. The minimum absolute atomic E-state index is 0.0685. The van der Waals surface area contributed by atoms with Gasteiger partial charge in [0.25, 0.3) is 5.89 Å². The highest BCUT2D eigenvalue weighted by molar-refractivity contribution is 9.10. The van der Waals surface area contributed by atoms with Crippen molar-refractivity contribution >= 4 is 27.7 Å². The fraction of sp³-hybridized carbons (Fsp3) is 0.273. The molecular weight excluding hydrogens is 318 g/mol. The second-order valence-corrected chi connectivity index (χ2v) is 5.39. The van der Waals surface area contributed by atoms with Crippen LogP contribution in [0.25, 0.3) is 0 Å². The number of aliphatic hydroxyl groups excluding tert-OH is 1. The number of thioether (sulfide) groups is 1. The van der Waals surface area contributed by atoms with Gasteiger partial charge in [-0.3, -0.25) is 0 Å². The Morgan fingerprint density at radius 1 is 1.44 bits per heavy atom. The van der Waals surface area contributed by atoms with E-state index in [4.69, 9.17) is 10.3 Å². The third-order valence-electron chi connectivity index (χ3n) is 2.19. The van der Waals surface area contributed by atoms with Crippen LogP contribution in [0.3, 0.4) is 0 Å². The van der Waals surface area contributed by atoms with Crippen molar-refractivity contribution in [2.45, 2.75) is 16.8 Å². The van der Waals surface area contributed by atoms with E-state index in [1.54, 1.807) is 11.8 Å². The molecule has 5 nitrogen and oxygen atoms in total. The number of aromatic nitrogens is 2. The zero-order valence-corrected chi connectivity index (χ0v) is 11.8. The summed E-state index contributed by atoms with van der Waals surface area (Å²) in [6.07, 6.45) is -0.889. The van der Waals surface area contributed by atoms with Crippen LogP contribution in [0.4, 0.5) is 0 Å². The van der Waals surface area contributed by atoms with E-state index in [1.807, 2.05) is 24.3 Å². The average molecular weight is 330 g/mol. The Morgan fingerprint density at radius 3 is 2.94 bits per heavy atom. The van der Waals surface area contributed by atoms with Gasteiger partial charge in [0.15, 0.2) is 5.82 Å². The summed E-state index contributed by atoms with van der Waals surface area (Å²) >= 11 is 5.06. The number of rotatable bonds is 5. The van der Waals surface area contributed by atoms with Gasteiger partial charge in [0.1, 0.15) is 6.10 Å². The van der Waals surface area contributed by atoms with Crippen molar-refractivity contribution in [3.05, 3.63) is 40.5 Å². The van der Waals surface area contributed by atoms with Crippen LogP contribution in [-0.2, 0) is 5.75 Å². The Kier molecular flexibility index (Phi) is 4.76. The van der Waals surface area contributed by atoms with Gasteiger partial charge in [-0.05, 0) is 28.1 Å². The number of halogens is 1. The minimum Gasteiger partial charge on any atom is -0.382 e. The maximum absolute atomic E-state index is 9.44. The van der Waals surface area contributed by atoms with Crippen LogP contribution in [-0.4, -0.2) is 21.8 Å². The Balaban J connectivity index is 1.98. The first-order valence-corrected chi connectivity index (χ1v) is 7.06. The third kappa shape index (κ3) is 3.32. The molecule has 0 aliphatic carbocycles. The number of hydrogen-bond acceptors (Lipinski definition) is 6. The smallest absolute Gasteiger partial charge is 0.256 e. The molecule has 1 aromatic carbocycles. The Hall–Kier alpha value is -0.890. The van der Waals surface area contributed by atoms with Gasteiger partial charge >= 0.3 is 0 Å². The van der Waals surface area contributed by atoms with E-state index >= 15 is 0 Å². The molecule has 0 bridgehead atoms. The Morgan fingerprint density at radius 2 is 2.22 bits per heavy atom. The predicted octanol–water partition coefficient (Wildman–Crippen LogP) is 2.12. The molecule has 0 fully saturated rings. The number of nitrogens with zero attached hydrogens (tertiary/aromatic N) is 2. The third-order valence-corrected chi connectivity index (χ3v) is 4.21. The molecule has 0 radical (unpaired) electrons. The summed E-state index contributed by atoms with van der Waals surface area (Å²) in [5.41, 5.74) is 5.31. The van der Waals surface area contributed by atoms with E-state index in [-0.39, 0.29) is 12.4 Å². The van der Waals surface area contributed by atoms with E-state index in [1.165, 1.54) is 0 Å². The topological polar surface area (TPSA) is 85.2 Å². The molecule has 2 aromatic rings. The van der Waals surface area contributed by atoms with Gasteiger partial charge in [0.2, 0.25) is 0 Å². The molecule has 7 heteroatoms. The summed E-state index contributed by atoms with van der Waals surface area (Å²) in [6.45, 7) is 0.0685. The van der Waals surface area contributed by atoms with E-state index in [2.05, 4.69) is 26.1 Å². The molecule has 0 aliphatic heterocycles. The first-order valence-electron chi connectivity index (χ1n) is 5.28. The van der Waals surface area contributed by atoms with Crippen LogP contribution in [0, 0.1) is 0 Å². The fourth-order valence-corrected chi connectivity index (χ4v) is 2.68. The van der Waals surface area contributed by atoms with E-state index in [9.17, 15) is 5.11 Å². The molecule has 2 rings (SSSR count). The molecule has 0 amide bonds. The van der Waals surface area contributed by atoms with Crippen molar-refractivity contribution in [1.29, 1.82) is 0 Å². The zero-order valence-electron chi connectivity index (χ0n) is 9.41. The Labute approximate surface area is 117 Å². The standard InChI is InChI=1S/C11H12BrN3O2S/c12-7-3-1-2-4-9(7)18-6-10-14-11(17-15-10)8(16)5-13/h1-4,8,16H,5-6,13H2. The summed E-state index contributed by atoms with van der Waals surface area (Å²) in [5.74, 6) is 1.28. The molecule has 96 valence electrons. The molecular formula is C11H12BrN3O2S. The molecule has 1 unspecified atom stereocenters. The van der Waals surface area contributed by atoms with Crippen LogP contribution < -0.4 is 5.73 Å². The monoisotopic (exact) mass is 329 g/mol. The number of aliphatic hydroxyl groups is 1. The second-order valence-electron chi connectivity index (χ2n) is 3.52. The Bertz CT molecular complexity index is 520. The van der Waals surface area contributed by atoms with Crippen LogP contribution in [0.15, 0.2) is 38.2 Å². The van der Waals surface area contributed by atoms with Crippen molar-refractivity contribution in [1.82, 2.24) is 10.1 Å². The van der Waals surface area contributed by atoms with Gasteiger partial charge < -0.3 is 15.4 Å². The van der Waals surface area contributed by atoms with Crippen LogP contribution in [0.5, 0.6) is 0 Å². The van der Waals surface area contributed by atoms with E-state index < -0.39 is 6.10 Å². The second kappa shape index (κ2) is 6.33. The molecule has 1 atom stereocenters. The number of nitrogens with two attached hydrogens (primary N) is 1. The molecule has 1 heterocycles. The average Bonchev–Trinajstić information content (AvgIpc) is 2.86. The van der Waals surface area contributed by atoms with Gasteiger partial charge in [-0.25, -0.2) is 0 Å². The maximum atomic E-state index is 9.44. The van der Waals surface area contributed by atoms with E-state index in [0.29, 0.717) is 11.6 Å². The molecule has 0 aliphatic rings. The molecule has 0 saturated carbocycles. The summed E-state index contributed by atoms with van der Waals surface area (Å²) in [6, 6.07) is 7.90. The van der Waals surface area contributed by atoms with Crippen molar-refractivity contribution in [2.75, 3.05) is 6.54 Å². The normalized spacial score (nSPS) is 12.6. The lowest BCUT2D eigenvalue weighted by atomic mass is 10.4. The van der Waals surface area contributed by atoms with Crippen LogP contribution >= 0.6 is 27.7 Å². The highest BCUT2D eigenvalue weighted by Gasteiger charge is 2.14. The molecule has 0 spiro atoms. The quantitative estimate of drug-likeness (QED) is 0.817. The minimum atomic E-state index is -0.889. The van der Waals surface area contributed by atoms with Crippen molar-refractivity contribution in [3.63, 3.8) is 0 Å². The molecule has 18 heavy (non-hydrogen) atoms. The first-order chi connectivity index (χ1) is 8.70. The highest BCUT2D eigenvalue weighted by Crippen LogP contribution is 2.29. The highest BCUT2D eigenvalue weighted by atomic mass is 79.9. The summed E-state index contributed by atoms with van der Waals surface area (Å²) < 4.78 is 5.95. The van der Waals surface area contributed by atoms with Gasteiger partial charge in [0.05, 0.1) is 5.75 Å². The summed E-state index contributed by atoms with van der Waals surface area (Å²) in [5, 5.41) is 13.2.